The van der Waals surface area contributed by atoms with Gasteiger partial charge in [0.05, 0.1) is 6.61 Å². The van der Waals surface area contributed by atoms with E-state index in [0.29, 0.717) is 37.0 Å². The molecule has 1 aromatic carbocycles. The van der Waals surface area contributed by atoms with Crippen molar-refractivity contribution in [2.45, 2.75) is 45.4 Å². The lowest BCUT2D eigenvalue weighted by Crippen LogP contribution is -2.40. The maximum atomic E-state index is 12.7. The average Bonchev–Trinajstić information content (AvgIpc) is 3.45. The molecule has 0 saturated carbocycles. The number of hydrogen-bond donors (Lipinski definition) is 1. The summed E-state index contributed by atoms with van der Waals surface area (Å²) in [6.45, 7) is 7.17. The Balaban J connectivity index is 1.31. The van der Waals surface area contributed by atoms with E-state index in [1.807, 2.05) is 36.1 Å². The Hall–Kier alpha value is -3.03. The van der Waals surface area contributed by atoms with Gasteiger partial charge < -0.3 is 24.3 Å². The summed E-state index contributed by atoms with van der Waals surface area (Å²) in [5, 5.41) is 2.94. The molecule has 8 heteroatoms. The summed E-state index contributed by atoms with van der Waals surface area (Å²) in [7, 11) is 0. The number of piperidine rings is 1. The Morgan fingerprint density at radius 3 is 2.42 bits per heavy atom. The number of hydrogen-bond acceptors (Lipinski definition) is 5. The number of benzene rings is 1. The molecule has 1 N–H and O–H groups in total. The lowest BCUT2D eigenvalue weighted by atomic mass is 9.97. The molecule has 2 aliphatic heterocycles. The molecule has 0 unspecified atom stereocenters. The van der Waals surface area contributed by atoms with Crippen LogP contribution >= 0.6 is 0 Å². The number of aryl methyl sites for hydroxylation is 1. The van der Waals surface area contributed by atoms with E-state index >= 15 is 0 Å². The number of nitrogens with one attached hydrogen (secondary N) is 1. The van der Waals surface area contributed by atoms with Gasteiger partial charge in [-0.1, -0.05) is 0 Å². The number of likely N-dealkylation sites (tertiary alicyclic amines) is 2. The van der Waals surface area contributed by atoms with Crippen LogP contribution in [0.1, 0.15) is 60.7 Å². The van der Waals surface area contributed by atoms with Gasteiger partial charge in [-0.2, -0.15) is 0 Å². The highest BCUT2D eigenvalue weighted by atomic mass is 16.5. The Morgan fingerprint density at radius 1 is 1.10 bits per heavy atom. The first-order chi connectivity index (χ1) is 15.0. The molecule has 8 nitrogen and oxygen atoms in total. The maximum absolute atomic E-state index is 12.7. The minimum absolute atomic E-state index is 0.0304. The minimum Gasteiger partial charge on any atom is -0.494 e. The van der Waals surface area contributed by atoms with Crippen LogP contribution in [0.25, 0.3) is 0 Å². The van der Waals surface area contributed by atoms with E-state index in [1.165, 1.54) is 0 Å². The summed E-state index contributed by atoms with van der Waals surface area (Å²) in [5.41, 5.74) is 1.18. The van der Waals surface area contributed by atoms with Crippen LogP contribution in [0.15, 0.2) is 28.7 Å². The van der Waals surface area contributed by atoms with Crippen LogP contribution in [0.5, 0.6) is 5.75 Å². The van der Waals surface area contributed by atoms with E-state index in [0.717, 1.165) is 50.2 Å². The van der Waals surface area contributed by atoms with Gasteiger partial charge in [0, 0.05) is 37.8 Å². The van der Waals surface area contributed by atoms with E-state index in [1.54, 1.807) is 11.8 Å². The summed E-state index contributed by atoms with van der Waals surface area (Å²) < 4.78 is 11.3. The second-order valence-corrected chi connectivity index (χ2v) is 8.11. The normalized spacial score (nSPS) is 17.1. The number of rotatable bonds is 5. The predicted octanol–water partition coefficient (Wildman–Crippen LogP) is 4.03. The van der Waals surface area contributed by atoms with Crippen LogP contribution in [0, 0.1) is 6.92 Å². The fraction of sp³-hybridized carbons (Fsp3) is 0.522. The average molecular weight is 427 g/mol. The summed E-state index contributed by atoms with van der Waals surface area (Å²) in [6, 6.07) is 7.25. The van der Waals surface area contributed by atoms with Gasteiger partial charge >= 0.3 is 6.03 Å². The number of oxazole rings is 1. The van der Waals surface area contributed by atoms with Crippen molar-refractivity contribution in [1.29, 1.82) is 0 Å². The molecule has 31 heavy (non-hydrogen) atoms. The third-order valence-corrected chi connectivity index (χ3v) is 5.96. The SMILES string of the molecule is CCOc1ccc(NC(=O)N2CCC(c3nc(C(=O)N4CCCC4)c(C)o3)CC2)cc1. The molecular weight excluding hydrogens is 396 g/mol. The molecule has 1 aromatic heterocycles. The lowest BCUT2D eigenvalue weighted by molar-refractivity contribution is 0.0786. The molecule has 0 aliphatic carbocycles. The van der Waals surface area contributed by atoms with Crippen LogP contribution in [-0.4, -0.2) is 59.5 Å². The van der Waals surface area contributed by atoms with Gasteiger partial charge in [0.2, 0.25) is 0 Å². The highest BCUT2D eigenvalue weighted by Crippen LogP contribution is 2.30. The Morgan fingerprint density at radius 2 is 1.77 bits per heavy atom. The van der Waals surface area contributed by atoms with Crippen molar-refractivity contribution in [1.82, 2.24) is 14.8 Å². The number of amides is 3. The molecular formula is C23H30N4O4. The lowest BCUT2D eigenvalue weighted by Gasteiger charge is -2.30. The standard InChI is InChI=1S/C23H30N4O4/c1-3-30-19-8-6-18(7-9-19)24-23(29)27-14-10-17(11-15-27)21-25-20(16(2)31-21)22(28)26-12-4-5-13-26/h6-9,17H,3-5,10-15H2,1-2H3,(H,24,29). The van der Waals surface area contributed by atoms with E-state index in [4.69, 9.17) is 9.15 Å². The largest absolute Gasteiger partial charge is 0.494 e. The topological polar surface area (TPSA) is 87.9 Å². The number of anilines is 1. The summed E-state index contributed by atoms with van der Waals surface area (Å²) in [4.78, 5) is 33.5. The molecule has 0 radical (unpaired) electrons. The molecule has 3 heterocycles. The third kappa shape index (κ3) is 4.84. The van der Waals surface area contributed by atoms with Crippen molar-refractivity contribution < 1.29 is 18.7 Å². The van der Waals surface area contributed by atoms with E-state index < -0.39 is 0 Å². The Labute approximate surface area is 182 Å². The van der Waals surface area contributed by atoms with E-state index in [2.05, 4.69) is 10.3 Å². The van der Waals surface area contributed by atoms with Gasteiger partial charge in [-0.25, -0.2) is 9.78 Å². The van der Waals surface area contributed by atoms with Gasteiger partial charge in [-0.3, -0.25) is 4.79 Å². The number of carbonyl (C=O) groups is 2. The van der Waals surface area contributed by atoms with Gasteiger partial charge in [0.15, 0.2) is 11.6 Å². The zero-order valence-electron chi connectivity index (χ0n) is 18.2. The highest BCUT2D eigenvalue weighted by Gasteiger charge is 2.30. The van der Waals surface area contributed by atoms with Crippen molar-refractivity contribution in [3.63, 3.8) is 0 Å². The minimum atomic E-state index is -0.115. The number of nitrogens with zero attached hydrogens (tertiary/aromatic N) is 3. The van der Waals surface area contributed by atoms with Gasteiger partial charge in [-0.15, -0.1) is 0 Å². The zero-order valence-corrected chi connectivity index (χ0v) is 18.2. The molecule has 2 fully saturated rings. The van der Waals surface area contributed by atoms with Crippen LogP contribution in [0.4, 0.5) is 10.5 Å². The van der Waals surface area contributed by atoms with Crippen LogP contribution < -0.4 is 10.1 Å². The second-order valence-electron chi connectivity index (χ2n) is 8.11. The number of ether oxygens (including phenoxy) is 1. The Bertz CT molecular complexity index is 910. The smallest absolute Gasteiger partial charge is 0.321 e. The molecule has 2 saturated heterocycles. The van der Waals surface area contributed by atoms with Gasteiger partial charge in [-0.05, 0) is 63.8 Å². The third-order valence-electron chi connectivity index (χ3n) is 5.96. The summed E-state index contributed by atoms with van der Waals surface area (Å²) >= 11 is 0. The van der Waals surface area contributed by atoms with Crippen molar-refractivity contribution in [3.05, 3.63) is 41.6 Å². The molecule has 2 aromatic rings. The van der Waals surface area contributed by atoms with Crippen molar-refractivity contribution in [2.75, 3.05) is 38.1 Å². The number of urea groups is 1. The predicted molar refractivity (Wildman–Crippen MR) is 117 cm³/mol. The van der Waals surface area contributed by atoms with Gasteiger partial charge in [0.25, 0.3) is 5.91 Å². The maximum Gasteiger partial charge on any atom is 0.321 e. The van der Waals surface area contributed by atoms with Crippen molar-refractivity contribution >= 4 is 17.6 Å². The molecule has 3 amide bonds. The van der Waals surface area contributed by atoms with Crippen LogP contribution in [0.3, 0.4) is 0 Å². The molecule has 0 bridgehead atoms. The number of aromatic nitrogens is 1. The highest BCUT2D eigenvalue weighted by molar-refractivity contribution is 5.93. The van der Waals surface area contributed by atoms with Gasteiger partial charge in [0.1, 0.15) is 11.5 Å². The molecule has 2 aliphatic rings. The van der Waals surface area contributed by atoms with Crippen molar-refractivity contribution in [3.8, 4) is 5.75 Å². The summed E-state index contributed by atoms with van der Waals surface area (Å²) in [5.74, 6) is 2.07. The Kier molecular flexibility index (Phi) is 6.44. The second kappa shape index (κ2) is 9.41. The molecule has 0 atom stereocenters. The monoisotopic (exact) mass is 426 g/mol. The quantitative estimate of drug-likeness (QED) is 0.780. The summed E-state index contributed by atoms with van der Waals surface area (Å²) in [6.07, 6.45) is 3.61. The zero-order chi connectivity index (χ0) is 21.8. The molecule has 0 spiro atoms. The first kappa shape index (κ1) is 21.2. The van der Waals surface area contributed by atoms with E-state index in [9.17, 15) is 9.59 Å². The van der Waals surface area contributed by atoms with E-state index in [-0.39, 0.29) is 17.9 Å². The molecule has 166 valence electrons. The van der Waals surface area contributed by atoms with Crippen molar-refractivity contribution in [2.24, 2.45) is 0 Å². The first-order valence-corrected chi connectivity index (χ1v) is 11.1. The molecule has 4 rings (SSSR count). The fourth-order valence-electron chi connectivity index (χ4n) is 4.19. The first-order valence-electron chi connectivity index (χ1n) is 11.1. The van der Waals surface area contributed by atoms with Crippen LogP contribution in [0.2, 0.25) is 0 Å². The fourth-order valence-corrected chi connectivity index (χ4v) is 4.19. The van der Waals surface area contributed by atoms with Crippen LogP contribution in [-0.2, 0) is 0 Å². The number of carbonyl (C=O) groups excluding carboxylic acids is 2.